The molecular weight excluding hydrogens is 326 g/mol. The summed E-state index contributed by atoms with van der Waals surface area (Å²) in [7, 11) is -3.33. The molecule has 6 nitrogen and oxygen atoms in total. The first-order valence-corrected chi connectivity index (χ1v) is 10.3. The molecule has 134 valence electrons. The normalized spacial score (nSPS) is 19.1. The molecule has 2 rings (SSSR count). The van der Waals surface area contributed by atoms with Crippen molar-refractivity contribution in [2.75, 3.05) is 32.4 Å². The lowest BCUT2D eigenvalue weighted by atomic mass is 10.0. The van der Waals surface area contributed by atoms with Gasteiger partial charge in [-0.2, -0.15) is 0 Å². The zero-order valence-corrected chi connectivity index (χ0v) is 15.0. The minimum Gasteiger partial charge on any atom is -0.351 e. The fraction of sp³-hybridized carbons (Fsp3) is 0.588. The van der Waals surface area contributed by atoms with Gasteiger partial charge in [0.05, 0.1) is 12.8 Å². The van der Waals surface area contributed by atoms with E-state index in [2.05, 4.69) is 39.2 Å². The molecule has 1 saturated heterocycles. The third-order valence-corrected chi connectivity index (χ3v) is 4.82. The Morgan fingerprint density at radius 2 is 2.04 bits per heavy atom. The quantitative estimate of drug-likeness (QED) is 0.723. The van der Waals surface area contributed by atoms with Crippen LogP contribution < -0.4 is 10.0 Å². The van der Waals surface area contributed by atoms with Crippen molar-refractivity contribution in [1.82, 2.24) is 14.9 Å². The van der Waals surface area contributed by atoms with Crippen LogP contribution in [0, 0.1) is 0 Å². The molecule has 1 aromatic carbocycles. The van der Waals surface area contributed by atoms with Crippen LogP contribution in [-0.2, 0) is 21.2 Å². The van der Waals surface area contributed by atoms with E-state index < -0.39 is 10.0 Å². The van der Waals surface area contributed by atoms with Gasteiger partial charge in [-0.25, -0.2) is 13.1 Å². The van der Waals surface area contributed by atoms with Gasteiger partial charge in [-0.1, -0.05) is 30.3 Å². The smallest absolute Gasteiger partial charge is 0.235 e. The highest BCUT2D eigenvalue weighted by molar-refractivity contribution is 7.88. The predicted octanol–water partition coefficient (Wildman–Crippen LogP) is 0.749. The van der Waals surface area contributed by atoms with Crippen molar-refractivity contribution >= 4 is 15.9 Å². The third-order valence-electron chi connectivity index (χ3n) is 4.15. The van der Waals surface area contributed by atoms with E-state index in [-0.39, 0.29) is 18.5 Å². The average molecular weight is 353 g/mol. The maximum Gasteiger partial charge on any atom is 0.235 e. The molecule has 0 radical (unpaired) electrons. The van der Waals surface area contributed by atoms with E-state index in [0.29, 0.717) is 0 Å². The Labute approximate surface area is 144 Å². The summed E-state index contributed by atoms with van der Waals surface area (Å²) in [6.07, 6.45) is 5.21. The average Bonchev–Trinajstić information content (AvgIpc) is 2.54. The summed E-state index contributed by atoms with van der Waals surface area (Å²) in [6, 6.07) is 10.5. The topological polar surface area (TPSA) is 78.5 Å². The van der Waals surface area contributed by atoms with Crippen LogP contribution in [0.2, 0.25) is 0 Å². The fourth-order valence-electron chi connectivity index (χ4n) is 3.00. The number of aryl methyl sites for hydroxylation is 1. The minimum absolute atomic E-state index is 0.101. The number of rotatable bonds is 8. The molecule has 1 aliphatic rings. The summed E-state index contributed by atoms with van der Waals surface area (Å²) < 4.78 is 24.3. The highest BCUT2D eigenvalue weighted by atomic mass is 32.2. The highest BCUT2D eigenvalue weighted by Gasteiger charge is 2.21. The largest absolute Gasteiger partial charge is 0.351 e. The summed E-state index contributed by atoms with van der Waals surface area (Å²) in [6.45, 7) is 2.72. The van der Waals surface area contributed by atoms with Gasteiger partial charge in [0.15, 0.2) is 0 Å². The Morgan fingerprint density at radius 3 is 2.75 bits per heavy atom. The van der Waals surface area contributed by atoms with Gasteiger partial charge < -0.3 is 10.2 Å². The molecule has 1 atom stereocenters. The molecule has 0 aromatic heterocycles. The predicted molar refractivity (Wildman–Crippen MR) is 95.2 cm³/mol. The van der Waals surface area contributed by atoms with Gasteiger partial charge in [0.25, 0.3) is 0 Å². The first-order chi connectivity index (χ1) is 11.4. The zero-order chi connectivity index (χ0) is 17.4. The summed E-state index contributed by atoms with van der Waals surface area (Å²) in [5, 5.41) is 2.92. The molecule has 1 fully saturated rings. The number of carbonyl (C=O) groups is 1. The van der Waals surface area contributed by atoms with Crippen molar-refractivity contribution in [3.8, 4) is 0 Å². The molecule has 0 unspecified atom stereocenters. The van der Waals surface area contributed by atoms with Crippen LogP contribution in [0.25, 0.3) is 0 Å². The molecule has 0 saturated carbocycles. The van der Waals surface area contributed by atoms with Gasteiger partial charge in [0, 0.05) is 12.6 Å². The highest BCUT2D eigenvalue weighted by Crippen LogP contribution is 2.11. The zero-order valence-electron chi connectivity index (χ0n) is 14.2. The van der Waals surface area contributed by atoms with Crippen molar-refractivity contribution in [1.29, 1.82) is 0 Å². The summed E-state index contributed by atoms with van der Waals surface area (Å²) in [5.41, 5.74) is 1.35. The summed E-state index contributed by atoms with van der Waals surface area (Å²) in [4.78, 5) is 14.2. The second kappa shape index (κ2) is 9.15. The van der Waals surface area contributed by atoms with Crippen LogP contribution in [0.3, 0.4) is 0 Å². The number of amides is 1. The fourth-order valence-corrected chi connectivity index (χ4v) is 3.40. The number of benzene rings is 1. The molecule has 0 aliphatic carbocycles. The molecule has 1 aromatic rings. The molecule has 1 aliphatic heterocycles. The number of hydrogen-bond acceptors (Lipinski definition) is 4. The van der Waals surface area contributed by atoms with Gasteiger partial charge >= 0.3 is 0 Å². The molecule has 1 heterocycles. The number of piperidine rings is 1. The number of nitrogens with one attached hydrogen (secondary N) is 2. The van der Waals surface area contributed by atoms with E-state index in [0.717, 1.165) is 51.6 Å². The monoisotopic (exact) mass is 353 g/mol. The van der Waals surface area contributed by atoms with Crippen molar-refractivity contribution in [3.63, 3.8) is 0 Å². The molecule has 24 heavy (non-hydrogen) atoms. The summed E-state index contributed by atoms with van der Waals surface area (Å²) >= 11 is 0. The second-order valence-electron chi connectivity index (χ2n) is 6.39. The van der Waals surface area contributed by atoms with Crippen LogP contribution >= 0.6 is 0 Å². The number of nitrogens with zero attached hydrogens (tertiary/aromatic N) is 1. The van der Waals surface area contributed by atoms with Crippen molar-refractivity contribution in [3.05, 3.63) is 35.9 Å². The lowest BCUT2D eigenvalue weighted by molar-refractivity contribution is -0.121. The Kier molecular flexibility index (Phi) is 7.20. The van der Waals surface area contributed by atoms with E-state index in [4.69, 9.17) is 0 Å². The number of carbonyl (C=O) groups excluding carboxylic acids is 1. The molecular formula is C17H27N3O3S. The Hall–Kier alpha value is -1.44. The van der Waals surface area contributed by atoms with Gasteiger partial charge in [-0.05, 0) is 44.3 Å². The third kappa shape index (κ3) is 7.42. The first kappa shape index (κ1) is 18.9. The molecule has 1 amide bonds. The van der Waals surface area contributed by atoms with E-state index in [1.165, 1.54) is 5.56 Å². The van der Waals surface area contributed by atoms with Crippen molar-refractivity contribution in [2.24, 2.45) is 0 Å². The minimum atomic E-state index is -3.33. The van der Waals surface area contributed by atoms with Gasteiger partial charge in [-0.3, -0.25) is 4.79 Å². The van der Waals surface area contributed by atoms with E-state index in [1.807, 2.05) is 6.07 Å². The van der Waals surface area contributed by atoms with Gasteiger partial charge in [-0.15, -0.1) is 0 Å². The standard InChI is InChI=1S/C17H27N3O3S/c1-24(22,23)18-13-17(21)19-16-10-6-12-20(14-16)11-5-9-15-7-3-2-4-8-15/h2-4,7-8,16,18H,5-6,9-14H2,1H3,(H,19,21)/t16-/m1/s1. The van der Waals surface area contributed by atoms with E-state index in [9.17, 15) is 13.2 Å². The van der Waals surface area contributed by atoms with Crippen LogP contribution in [0.4, 0.5) is 0 Å². The van der Waals surface area contributed by atoms with Gasteiger partial charge in [0.1, 0.15) is 0 Å². The van der Waals surface area contributed by atoms with E-state index in [1.54, 1.807) is 0 Å². The molecule has 0 spiro atoms. The van der Waals surface area contributed by atoms with Crippen LogP contribution in [0.1, 0.15) is 24.8 Å². The second-order valence-corrected chi connectivity index (χ2v) is 8.22. The Balaban J connectivity index is 1.68. The lowest BCUT2D eigenvalue weighted by Crippen LogP contribution is -2.50. The Bertz CT molecular complexity index is 619. The molecule has 7 heteroatoms. The van der Waals surface area contributed by atoms with Crippen LogP contribution in [0.5, 0.6) is 0 Å². The number of sulfonamides is 1. The lowest BCUT2D eigenvalue weighted by Gasteiger charge is -2.33. The van der Waals surface area contributed by atoms with Crippen LogP contribution in [0.15, 0.2) is 30.3 Å². The van der Waals surface area contributed by atoms with Crippen molar-refractivity contribution < 1.29 is 13.2 Å². The number of hydrogen-bond donors (Lipinski definition) is 2. The van der Waals surface area contributed by atoms with Gasteiger partial charge in [0.2, 0.25) is 15.9 Å². The first-order valence-electron chi connectivity index (χ1n) is 8.43. The maximum atomic E-state index is 11.8. The van der Waals surface area contributed by atoms with Crippen molar-refractivity contribution in [2.45, 2.75) is 31.7 Å². The number of likely N-dealkylation sites (tertiary alicyclic amines) is 1. The Morgan fingerprint density at radius 1 is 1.29 bits per heavy atom. The SMILES string of the molecule is CS(=O)(=O)NCC(=O)N[C@@H]1CCCN(CCCc2ccccc2)C1. The maximum absolute atomic E-state index is 11.8. The van der Waals surface area contributed by atoms with Crippen LogP contribution in [-0.4, -0.2) is 57.7 Å². The van der Waals surface area contributed by atoms with E-state index >= 15 is 0 Å². The molecule has 2 N–H and O–H groups in total. The molecule has 0 bridgehead atoms. The summed E-state index contributed by atoms with van der Waals surface area (Å²) in [5.74, 6) is -0.267.